The van der Waals surface area contributed by atoms with Gasteiger partial charge in [-0.1, -0.05) is 6.92 Å². The molecule has 1 unspecified atom stereocenters. The summed E-state index contributed by atoms with van der Waals surface area (Å²) in [6.07, 6.45) is 2.98. The number of rotatable bonds is 4. The normalized spacial score (nSPS) is 19.0. The average molecular weight is 314 g/mol. The van der Waals surface area contributed by atoms with Crippen molar-refractivity contribution in [1.29, 1.82) is 0 Å². The van der Waals surface area contributed by atoms with Crippen molar-refractivity contribution in [3.63, 3.8) is 0 Å². The van der Waals surface area contributed by atoms with E-state index in [0.29, 0.717) is 0 Å². The summed E-state index contributed by atoms with van der Waals surface area (Å²) in [5.41, 5.74) is 1.56. The summed E-state index contributed by atoms with van der Waals surface area (Å²) in [5.74, 6) is 2.38. The van der Waals surface area contributed by atoms with Crippen LogP contribution in [0.5, 0.6) is 0 Å². The predicted octanol–water partition coefficient (Wildman–Crippen LogP) is 2.72. The highest BCUT2D eigenvalue weighted by molar-refractivity contribution is 5.75. The van der Waals surface area contributed by atoms with Crippen molar-refractivity contribution in [3.8, 4) is 0 Å². The lowest BCUT2D eigenvalue weighted by molar-refractivity contribution is 0.235. The molecule has 23 heavy (non-hydrogen) atoms. The number of aryl methyl sites for hydroxylation is 1. The fourth-order valence-corrected chi connectivity index (χ4v) is 3.24. The van der Waals surface area contributed by atoms with E-state index in [1.165, 1.54) is 12.1 Å². The van der Waals surface area contributed by atoms with Gasteiger partial charge in [-0.05, 0) is 37.6 Å². The van der Waals surface area contributed by atoms with Gasteiger partial charge in [0.2, 0.25) is 0 Å². The summed E-state index contributed by atoms with van der Waals surface area (Å²) in [4.78, 5) is 14.7. The van der Waals surface area contributed by atoms with Crippen LogP contribution in [-0.2, 0) is 13.0 Å². The highest BCUT2D eigenvalue weighted by atomic mass is 19.1. The first kappa shape index (κ1) is 14.3. The number of H-pyrrole nitrogens is 2. The lowest BCUT2D eigenvalue weighted by atomic mass is 10.2. The maximum absolute atomic E-state index is 13.3. The number of fused-ring (bicyclic) bond motifs is 1. The van der Waals surface area contributed by atoms with Gasteiger partial charge in [-0.15, -0.1) is 0 Å². The maximum Gasteiger partial charge on any atom is 0.150 e. The summed E-state index contributed by atoms with van der Waals surface area (Å²) in [7, 11) is 0. The topological polar surface area (TPSA) is 73.5 Å². The third kappa shape index (κ3) is 2.72. The molecule has 2 N–H and O–H groups in total. The maximum atomic E-state index is 13.3. The van der Waals surface area contributed by atoms with Crippen molar-refractivity contribution in [2.24, 2.45) is 0 Å². The number of aromatic nitrogens is 5. The van der Waals surface area contributed by atoms with E-state index in [4.69, 9.17) is 0 Å². The summed E-state index contributed by atoms with van der Waals surface area (Å²) < 4.78 is 13.3. The molecule has 1 aliphatic rings. The molecule has 1 aliphatic heterocycles. The van der Waals surface area contributed by atoms with Crippen LogP contribution in [0, 0.1) is 5.82 Å². The van der Waals surface area contributed by atoms with Crippen molar-refractivity contribution in [1.82, 2.24) is 30.0 Å². The quantitative estimate of drug-likeness (QED) is 0.776. The summed E-state index contributed by atoms with van der Waals surface area (Å²) in [6.45, 7) is 3.76. The van der Waals surface area contributed by atoms with Crippen LogP contribution in [-0.4, -0.2) is 36.6 Å². The Bertz CT molecular complexity index is 823. The van der Waals surface area contributed by atoms with Gasteiger partial charge < -0.3 is 4.98 Å². The molecule has 0 bridgehead atoms. The van der Waals surface area contributed by atoms with E-state index >= 15 is 0 Å². The number of likely N-dealkylation sites (tertiary alicyclic amines) is 1. The second-order valence-corrected chi connectivity index (χ2v) is 5.96. The van der Waals surface area contributed by atoms with E-state index in [1.807, 2.05) is 6.92 Å². The Morgan fingerprint density at radius 3 is 3.09 bits per heavy atom. The fraction of sp³-hybridized carbons (Fsp3) is 0.438. The number of nitrogens with zero attached hydrogens (tertiary/aromatic N) is 4. The zero-order valence-corrected chi connectivity index (χ0v) is 13.0. The number of halogens is 1. The molecule has 0 spiro atoms. The van der Waals surface area contributed by atoms with Gasteiger partial charge in [0.15, 0.2) is 0 Å². The van der Waals surface area contributed by atoms with Crippen LogP contribution in [0.25, 0.3) is 11.0 Å². The second kappa shape index (κ2) is 5.73. The van der Waals surface area contributed by atoms with Crippen molar-refractivity contribution in [3.05, 3.63) is 41.5 Å². The molecule has 0 amide bonds. The van der Waals surface area contributed by atoms with Gasteiger partial charge >= 0.3 is 0 Å². The minimum absolute atomic E-state index is 0.209. The first-order chi connectivity index (χ1) is 11.2. The molecular weight excluding hydrogens is 295 g/mol. The standard InChI is InChI=1S/C16H19FN6/c1-2-14-20-15(22-21-14)9-23-7-3-4-13(23)16-18-11-6-5-10(17)8-12(11)19-16/h5-6,8,13H,2-4,7,9H2,1H3,(H,18,19)(H,20,21,22). The predicted molar refractivity (Wildman–Crippen MR) is 84.2 cm³/mol. The second-order valence-electron chi connectivity index (χ2n) is 5.96. The van der Waals surface area contributed by atoms with Gasteiger partial charge in [-0.25, -0.2) is 14.4 Å². The number of hydrogen-bond donors (Lipinski definition) is 2. The van der Waals surface area contributed by atoms with Crippen molar-refractivity contribution >= 4 is 11.0 Å². The lowest BCUT2D eigenvalue weighted by Gasteiger charge is -2.21. The Kier molecular flexibility index (Phi) is 3.57. The molecule has 0 saturated carbocycles. The molecule has 4 rings (SSSR count). The zero-order chi connectivity index (χ0) is 15.8. The first-order valence-electron chi connectivity index (χ1n) is 8.02. The molecule has 1 fully saturated rings. The Labute approximate surface area is 133 Å². The van der Waals surface area contributed by atoms with E-state index in [9.17, 15) is 4.39 Å². The number of benzene rings is 1. The fourth-order valence-electron chi connectivity index (χ4n) is 3.24. The largest absolute Gasteiger partial charge is 0.341 e. The van der Waals surface area contributed by atoms with Crippen molar-refractivity contribution in [2.75, 3.05) is 6.54 Å². The third-order valence-electron chi connectivity index (χ3n) is 4.39. The molecule has 0 aliphatic carbocycles. The van der Waals surface area contributed by atoms with E-state index in [-0.39, 0.29) is 11.9 Å². The summed E-state index contributed by atoms with van der Waals surface area (Å²) in [5, 5.41) is 7.20. The Balaban J connectivity index is 1.58. The summed E-state index contributed by atoms with van der Waals surface area (Å²) in [6, 6.07) is 4.86. The lowest BCUT2D eigenvalue weighted by Crippen LogP contribution is -2.24. The van der Waals surface area contributed by atoms with Crippen LogP contribution in [0.4, 0.5) is 4.39 Å². The van der Waals surface area contributed by atoms with Crippen molar-refractivity contribution in [2.45, 2.75) is 38.8 Å². The molecule has 1 saturated heterocycles. The van der Waals surface area contributed by atoms with Gasteiger partial charge in [0.25, 0.3) is 0 Å². The first-order valence-corrected chi connectivity index (χ1v) is 8.02. The molecule has 3 heterocycles. The monoisotopic (exact) mass is 314 g/mol. The van der Waals surface area contributed by atoms with Crippen LogP contribution in [0.2, 0.25) is 0 Å². The van der Waals surface area contributed by atoms with Crippen LogP contribution >= 0.6 is 0 Å². The Hall–Kier alpha value is -2.28. The molecule has 1 atom stereocenters. The molecule has 0 radical (unpaired) electrons. The third-order valence-corrected chi connectivity index (χ3v) is 4.39. The molecule has 120 valence electrons. The Morgan fingerprint density at radius 2 is 2.26 bits per heavy atom. The van der Waals surface area contributed by atoms with Gasteiger partial charge in [0, 0.05) is 6.42 Å². The van der Waals surface area contributed by atoms with E-state index in [1.54, 1.807) is 6.07 Å². The number of imidazole rings is 1. The molecule has 7 heteroatoms. The minimum atomic E-state index is -0.246. The van der Waals surface area contributed by atoms with Crippen LogP contribution in [0.3, 0.4) is 0 Å². The summed E-state index contributed by atoms with van der Waals surface area (Å²) >= 11 is 0. The van der Waals surface area contributed by atoms with Gasteiger partial charge in [0.1, 0.15) is 23.3 Å². The molecular formula is C16H19FN6. The zero-order valence-electron chi connectivity index (χ0n) is 13.0. The number of hydrogen-bond acceptors (Lipinski definition) is 4. The van der Waals surface area contributed by atoms with Gasteiger partial charge in [0.05, 0.1) is 23.6 Å². The Morgan fingerprint density at radius 1 is 1.35 bits per heavy atom. The average Bonchev–Trinajstić information content (AvgIpc) is 3.25. The molecule has 6 nitrogen and oxygen atoms in total. The number of nitrogens with one attached hydrogen (secondary N) is 2. The van der Waals surface area contributed by atoms with E-state index in [0.717, 1.165) is 60.9 Å². The molecule has 3 aromatic rings. The smallest absolute Gasteiger partial charge is 0.150 e. The van der Waals surface area contributed by atoms with Crippen molar-refractivity contribution < 1.29 is 4.39 Å². The van der Waals surface area contributed by atoms with Crippen LogP contribution in [0.1, 0.15) is 43.3 Å². The highest BCUT2D eigenvalue weighted by Gasteiger charge is 2.29. The van der Waals surface area contributed by atoms with E-state index in [2.05, 4.69) is 30.0 Å². The van der Waals surface area contributed by atoms with Gasteiger partial charge in [-0.2, -0.15) is 5.10 Å². The molecule has 1 aromatic carbocycles. The number of aromatic amines is 2. The molecule has 2 aromatic heterocycles. The highest BCUT2D eigenvalue weighted by Crippen LogP contribution is 2.32. The van der Waals surface area contributed by atoms with E-state index < -0.39 is 0 Å². The minimum Gasteiger partial charge on any atom is -0.341 e. The SMILES string of the molecule is CCc1n[nH]c(CN2CCCC2c2nc3ccc(F)cc3[nH]2)n1. The van der Waals surface area contributed by atoms with Crippen LogP contribution < -0.4 is 0 Å². The van der Waals surface area contributed by atoms with Gasteiger partial charge in [-0.3, -0.25) is 10.00 Å². The van der Waals surface area contributed by atoms with Crippen LogP contribution in [0.15, 0.2) is 18.2 Å².